The van der Waals surface area contributed by atoms with Gasteiger partial charge >= 0.3 is 0 Å². The van der Waals surface area contributed by atoms with E-state index >= 15 is 0 Å². The molecule has 21 heavy (non-hydrogen) atoms. The van der Waals surface area contributed by atoms with Gasteiger partial charge in [-0.25, -0.2) is 0 Å². The molecule has 1 fully saturated rings. The molecule has 0 radical (unpaired) electrons. The van der Waals surface area contributed by atoms with Crippen molar-refractivity contribution in [3.63, 3.8) is 0 Å². The molecule has 2 aromatic carbocycles. The Morgan fingerprint density at radius 2 is 1.81 bits per heavy atom. The Kier molecular flexibility index (Phi) is 4.29. The van der Waals surface area contributed by atoms with Crippen LogP contribution in [0.25, 0.3) is 10.8 Å². The van der Waals surface area contributed by atoms with Crippen molar-refractivity contribution < 1.29 is 4.79 Å². The Morgan fingerprint density at radius 3 is 2.52 bits per heavy atom. The van der Waals surface area contributed by atoms with Gasteiger partial charge in [0.2, 0.25) is 5.91 Å². The summed E-state index contributed by atoms with van der Waals surface area (Å²) in [7, 11) is 0. The number of carbonyl (C=O) groups is 1. The smallest absolute Gasteiger partial charge is 0.224 e. The maximum atomic E-state index is 12.3. The molecular weight excluding hydrogens is 326 g/mol. The standard InChI is InChI=1S/C18H20BrNO/c19-13-18(9-3-4-10-18)20-17(21)12-14-7-8-15-5-1-2-6-16(15)11-14/h1-2,5-8,11H,3-4,9-10,12-13H2,(H,20,21). The van der Waals surface area contributed by atoms with Gasteiger partial charge in [0, 0.05) is 10.9 Å². The minimum atomic E-state index is -0.0199. The lowest BCUT2D eigenvalue weighted by molar-refractivity contribution is -0.122. The highest BCUT2D eigenvalue weighted by molar-refractivity contribution is 9.09. The Bertz CT molecular complexity index is 646. The lowest BCUT2D eigenvalue weighted by atomic mass is 9.99. The molecule has 3 heteroatoms. The molecule has 1 aliphatic carbocycles. The van der Waals surface area contributed by atoms with E-state index < -0.39 is 0 Å². The van der Waals surface area contributed by atoms with Crippen LogP contribution in [0, 0.1) is 0 Å². The molecule has 0 aromatic heterocycles. The Labute approximate surface area is 134 Å². The zero-order valence-corrected chi connectivity index (χ0v) is 13.7. The summed E-state index contributed by atoms with van der Waals surface area (Å²) in [4.78, 5) is 12.3. The van der Waals surface area contributed by atoms with Gasteiger partial charge in [-0.15, -0.1) is 0 Å². The summed E-state index contributed by atoms with van der Waals surface area (Å²) in [5.74, 6) is 0.131. The lowest BCUT2D eigenvalue weighted by Gasteiger charge is -2.28. The lowest BCUT2D eigenvalue weighted by Crippen LogP contribution is -2.48. The van der Waals surface area contributed by atoms with E-state index in [4.69, 9.17) is 0 Å². The van der Waals surface area contributed by atoms with Crippen LogP contribution in [-0.2, 0) is 11.2 Å². The van der Waals surface area contributed by atoms with E-state index in [1.165, 1.54) is 23.6 Å². The number of alkyl halides is 1. The molecule has 0 aliphatic heterocycles. The molecule has 0 saturated heterocycles. The van der Waals surface area contributed by atoms with Crippen molar-refractivity contribution in [2.24, 2.45) is 0 Å². The van der Waals surface area contributed by atoms with E-state index in [0.29, 0.717) is 6.42 Å². The van der Waals surface area contributed by atoms with E-state index in [1.54, 1.807) is 0 Å². The number of hydrogen-bond donors (Lipinski definition) is 1. The predicted octanol–water partition coefficient (Wildman–Crippen LogP) is 4.21. The van der Waals surface area contributed by atoms with Gasteiger partial charge in [0.25, 0.3) is 0 Å². The fourth-order valence-electron chi connectivity index (χ4n) is 3.22. The Morgan fingerprint density at radius 1 is 1.10 bits per heavy atom. The summed E-state index contributed by atoms with van der Waals surface area (Å²) < 4.78 is 0. The minimum Gasteiger partial charge on any atom is -0.350 e. The van der Waals surface area contributed by atoms with Gasteiger partial charge in [0.1, 0.15) is 0 Å². The molecule has 0 unspecified atom stereocenters. The summed E-state index contributed by atoms with van der Waals surface area (Å²) >= 11 is 3.57. The summed E-state index contributed by atoms with van der Waals surface area (Å²) in [6.45, 7) is 0. The van der Waals surface area contributed by atoms with E-state index in [0.717, 1.165) is 23.7 Å². The van der Waals surface area contributed by atoms with Gasteiger partial charge in [0.05, 0.1) is 6.42 Å². The molecule has 1 aliphatic rings. The van der Waals surface area contributed by atoms with Crippen molar-refractivity contribution in [1.82, 2.24) is 5.32 Å². The summed E-state index contributed by atoms with van der Waals surface area (Å²) in [5, 5.41) is 6.51. The van der Waals surface area contributed by atoms with Crippen LogP contribution in [0.1, 0.15) is 31.2 Å². The van der Waals surface area contributed by atoms with Crippen molar-refractivity contribution in [3.05, 3.63) is 48.0 Å². The molecule has 2 aromatic rings. The minimum absolute atomic E-state index is 0.0199. The van der Waals surface area contributed by atoms with E-state index in [1.807, 2.05) is 12.1 Å². The largest absolute Gasteiger partial charge is 0.350 e. The summed E-state index contributed by atoms with van der Waals surface area (Å²) in [5.41, 5.74) is 1.06. The third-order valence-corrected chi connectivity index (χ3v) is 5.47. The third-order valence-electron chi connectivity index (χ3n) is 4.40. The van der Waals surface area contributed by atoms with E-state index in [9.17, 15) is 4.79 Å². The number of nitrogens with one attached hydrogen (secondary N) is 1. The first kappa shape index (κ1) is 14.6. The van der Waals surface area contributed by atoms with Crippen LogP contribution < -0.4 is 5.32 Å². The van der Waals surface area contributed by atoms with Crippen LogP contribution in [0.4, 0.5) is 0 Å². The second kappa shape index (κ2) is 6.18. The average molecular weight is 346 g/mol. The first-order valence-electron chi connectivity index (χ1n) is 7.55. The van der Waals surface area contributed by atoms with Crippen molar-refractivity contribution >= 4 is 32.6 Å². The molecule has 0 bridgehead atoms. The monoisotopic (exact) mass is 345 g/mol. The van der Waals surface area contributed by atoms with Gasteiger partial charge in [0.15, 0.2) is 0 Å². The van der Waals surface area contributed by atoms with Crippen molar-refractivity contribution in [3.8, 4) is 0 Å². The number of benzene rings is 2. The number of carbonyl (C=O) groups excluding carboxylic acids is 1. The number of halogens is 1. The van der Waals surface area contributed by atoms with Crippen LogP contribution in [0.2, 0.25) is 0 Å². The topological polar surface area (TPSA) is 29.1 Å². The summed E-state index contributed by atoms with van der Waals surface area (Å²) in [6.07, 6.45) is 5.05. The number of hydrogen-bond acceptors (Lipinski definition) is 1. The molecular formula is C18H20BrNO. The summed E-state index contributed by atoms with van der Waals surface area (Å²) in [6, 6.07) is 14.5. The Balaban J connectivity index is 1.71. The van der Waals surface area contributed by atoms with Gasteiger partial charge < -0.3 is 5.32 Å². The molecule has 3 rings (SSSR count). The average Bonchev–Trinajstić information content (AvgIpc) is 2.96. The number of amides is 1. The first-order chi connectivity index (χ1) is 10.2. The molecule has 0 atom stereocenters. The van der Waals surface area contributed by atoms with Gasteiger partial charge in [-0.05, 0) is 29.2 Å². The highest BCUT2D eigenvalue weighted by atomic mass is 79.9. The van der Waals surface area contributed by atoms with Gasteiger partial charge in [-0.3, -0.25) is 4.79 Å². The molecule has 1 saturated carbocycles. The van der Waals surface area contributed by atoms with E-state index in [-0.39, 0.29) is 11.4 Å². The predicted molar refractivity (Wildman–Crippen MR) is 90.8 cm³/mol. The second-order valence-corrected chi connectivity index (χ2v) is 6.59. The number of fused-ring (bicyclic) bond motifs is 1. The van der Waals surface area contributed by atoms with Crippen molar-refractivity contribution in [2.75, 3.05) is 5.33 Å². The fraction of sp³-hybridized carbons (Fsp3) is 0.389. The third kappa shape index (κ3) is 3.29. The highest BCUT2D eigenvalue weighted by Crippen LogP contribution is 2.31. The molecule has 110 valence electrons. The maximum Gasteiger partial charge on any atom is 0.224 e. The number of rotatable bonds is 4. The van der Waals surface area contributed by atoms with E-state index in [2.05, 4.69) is 51.6 Å². The van der Waals surface area contributed by atoms with Gasteiger partial charge in [-0.1, -0.05) is 71.2 Å². The Hall–Kier alpha value is -1.35. The van der Waals surface area contributed by atoms with Gasteiger partial charge in [-0.2, -0.15) is 0 Å². The zero-order valence-electron chi connectivity index (χ0n) is 12.1. The van der Waals surface area contributed by atoms with Crippen LogP contribution in [0.3, 0.4) is 0 Å². The fourth-order valence-corrected chi connectivity index (χ4v) is 3.92. The molecule has 0 heterocycles. The quantitative estimate of drug-likeness (QED) is 0.826. The molecule has 1 N–H and O–H groups in total. The molecule has 1 amide bonds. The zero-order chi connectivity index (χ0) is 14.7. The molecule has 2 nitrogen and oxygen atoms in total. The van der Waals surface area contributed by atoms with Crippen molar-refractivity contribution in [1.29, 1.82) is 0 Å². The van der Waals surface area contributed by atoms with Crippen LogP contribution in [0.15, 0.2) is 42.5 Å². The maximum absolute atomic E-state index is 12.3. The molecule has 0 spiro atoms. The van der Waals surface area contributed by atoms with Crippen LogP contribution >= 0.6 is 15.9 Å². The van der Waals surface area contributed by atoms with Crippen molar-refractivity contribution in [2.45, 2.75) is 37.6 Å². The van der Waals surface area contributed by atoms with Crippen LogP contribution in [0.5, 0.6) is 0 Å². The highest BCUT2D eigenvalue weighted by Gasteiger charge is 2.33. The second-order valence-electron chi connectivity index (χ2n) is 6.03. The van der Waals surface area contributed by atoms with Crippen LogP contribution in [-0.4, -0.2) is 16.8 Å². The normalized spacial score (nSPS) is 17.0. The SMILES string of the molecule is O=C(Cc1ccc2ccccc2c1)NC1(CBr)CCCC1. The first-order valence-corrected chi connectivity index (χ1v) is 8.68.